The first-order chi connectivity index (χ1) is 23.3. The molecule has 10 rings (SSSR count). The smallest absolute Gasteiger partial charge is 0.0991 e. The van der Waals surface area contributed by atoms with E-state index in [9.17, 15) is 5.26 Å². The zero-order valence-electron chi connectivity index (χ0n) is 25.2. The van der Waals surface area contributed by atoms with Crippen LogP contribution in [0.15, 0.2) is 152 Å². The van der Waals surface area contributed by atoms with Gasteiger partial charge in [0, 0.05) is 52.8 Å². The molecule has 0 amide bonds. The predicted molar refractivity (Wildman–Crippen MR) is 198 cm³/mol. The summed E-state index contributed by atoms with van der Waals surface area (Å²) in [6.07, 6.45) is 0. The van der Waals surface area contributed by atoms with E-state index in [-0.39, 0.29) is 0 Å². The van der Waals surface area contributed by atoms with Crippen LogP contribution in [0.2, 0.25) is 0 Å². The maximum absolute atomic E-state index is 9.70. The van der Waals surface area contributed by atoms with Crippen LogP contribution in [0.3, 0.4) is 0 Å². The largest absolute Gasteiger partial charge is 0.309 e. The Morgan fingerprint density at radius 3 is 1.62 bits per heavy atom. The molecule has 7 aromatic carbocycles. The van der Waals surface area contributed by atoms with Crippen LogP contribution >= 0.6 is 11.3 Å². The Morgan fingerprint density at radius 1 is 0.404 bits per heavy atom. The second-order valence-electron chi connectivity index (χ2n) is 12.0. The van der Waals surface area contributed by atoms with Crippen LogP contribution < -0.4 is 0 Å². The van der Waals surface area contributed by atoms with Gasteiger partial charge in [-0.15, -0.1) is 11.3 Å². The first-order valence-corrected chi connectivity index (χ1v) is 16.6. The highest BCUT2D eigenvalue weighted by Crippen LogP contribution is 2.43. The molecule has 3 aromatic heterocycles. The molecule has 3 nitrogen and oxygen atoms in total. The average Bonchev–Trinajstić information content (AvgIpc) is 3.77. The first-order valence-electron chi connectivity index (χ1n) is 15.8. The second kappa shape index (κ2) is 9.92. The van der Waals surface area contributed by atoms with E-state index in [1.165, 1.54) is 42.0 Å². The number of aromatic nitrogens is 2. The zero-order valence-corrected chi connectivity index (χ0v) is 26.0. The molecule has 0 aliphatic rings. The van der Waals surface area contributed by atoms with Gasteiger partial charge in [-0.2, -0.15) is 5.26 Å². The van der Waals surface area contributed by atoms with Gasteiger partial charge in [0.2, 0.25) is 0 Å². The van der Waals surface area contributed by atoms with Crippen LogP contribution in [0.4, 0.5) is 0 Å². The Hall–Kier alpha value is -6.15. The third-order valence-corrected chi connectivity index (χ3v) is 10.7. The summed E-state index contributed by atoms with van der Waals surface area (Å²) in [6, 6.07) is 56.6. The Bertz CT molecular complexity index is 2930. The lowest BCUT2D eigenvalue weighted by molar-refractivity contribution is 1.16. The van der Waals surface area contributed by atoms with E-state index in [1.807, 2.05) is 23.5 Å². The molecule has 218 valence electrons. The van der Waals surface area contributed by atoms with E-state index in [1.54, 1.807) is 0 Å². The molecule has 3 heterocycles. The summed E-state index contributed by atoms with van der Waals surface area (Å²) in [6.45, 7) is 0. The Labute approximate surface area is 274 Å². The van der Waals surface area contributed by atoms with Crippen molar-refractivity contribution in [3.63, 3.8) is 0 Å². The van der Waals surface area contributed by atoms with Crippen molar-refractivity contribution in [1.29, 1.82) is 5.26 Å². The van der Waals surface area contributed by atoms with Crippen molar-refractivity contribution in [2.75, 3.05) is 0 Å². The van der Waals surface area contributed by atoms with Gasteiger partial charge in [-0.1, -0.05) is 91.0 Å². The summed E-state index contributed by atoms with van der Waals surface area (Å²) in [5.74, 6) is 0. The number of nitrogens with zero attached hydrogens (tertiary/aromatic N) is 3. The Kier molecular flexibility index (Phi) is 5.51. The molecule has 0 bridgehead atoms. The van der Waals surface area contributed by atoms with Crippen LogP contribution in [0.25, 0.3) is 86.3 Å². The Balaban J connectivity index is 1.29. The molecule has 0 aliphatic heterocycles. The van der Waals surface area contributed by atoms with Crippen molar-refractivity contribution in [3.05, 3.63) is 157 Å². The number of benzene rings is 7. The highest BCUT2D eigenvalue weighted by molar-refractivity contribution is 7.25. The number of hydrogen-bond acceptors (Lipinski definition) is 2. The highest BCUT2D eigenvalue weighted by Gasteiger charge is 2.20. The average molecular weight is 616 g/mol. The molecule has 0 N–H and O–H groups in total. The topological polar surface area (TPSA) is 33.6 Å². The van der Waals surface area contributed by atoms with Gasteiger partial charge in [-0.25, -0.2) is 0 Å². The molecular formula is C43H25N3S. The number of thiophene rings is 1. The summed E-state index contributed by atoms with van der Waals surface area (Å²) in [7, 11) is 0. The lowest BCUT2D eigenvalue weighted by Gasteiger charge is -2.18. The van der Waals surface area contributed by atoms with Gasteiger partial charge < -0.3 is 9.13 Å². The van der Waals surface area contributed by atoms with Crippen LogP contribution in [-0.2, 0) is 0 Å². The maximum atomic E-state index is 9.70. The predicted octanol–water partition coefficient (Wildman–Crippen LogP) is 11.8. The number of para-hydroxylation sites is 4. The van der Waals surface area contributed by atoms with Crippen molar-refractivity contribution >= 4 is 75.1 Å². The van der Waals surface area contributed by atoms with E-state index < -0.39 is 0 Å². The van der Waals surface area contributed by atoms with Crippen LogP contribution in [0.5, 0.6) is 0 Å². The van der Waals surface area contributed by atoms with Gasteiger partial charge in [0.25, 0.3) is 0 Å². The lowest BCUT2D eigenvalue weighted by Crippen LogP contribution is -2.01. The fourth-order valence-corrected chi connectivity index (χ4v) is 8.67. The molecule has 0 atom stereocenters. The highest BCUT2D eigenvalue weighted by atomic mass is 32.1. The third kappa shape index (κ3) is 3.72. The zero-order chi connectivity index (χ0) is 31.1. The summed E-state index contributed by atoms with van der Waals surface area (Å²) < 4.78 is 7.43. The summed E-state index contributed by atoms with van der Waals surface area (Å²) in [5, 5.41) is 17.0. The van der Waals surface area contributed by atoms with E-state index in [0.29, 0.717) is 5.56 Å². The first kappa shape index (κ1) is 26.1. The monoisotopic (exact) mass is 615 g/mol. The number of fused-ring (bicyclic) bond motifs is 9. The molecule has 0 spiro atoms. The molecule has 0 fully saturated rings. The number of hydrogen-bond donors (Lipinski definition) is 0. The van der Waals surface area contributed by atoms with E-state index in [0.717, 1.165) is 44.3 Å². The molecule has 0 saturated carbocycles. The van der Waals surface area contributed by atoms with Gasteiger partial charge in [-0.05, 0) is 60.7 Å². The quantitative estimate of drug-likeness (QED) is 0.195. The van der Waals surface area contributed by atoms with Crippen LogP contribution in [0.1, 0.15) is 5.56 Å². The van der Waals surface area contributed by atoms with Crippen molar-refractivity contribution < 1.29 is 0 Å². The van der Waals surface area contributed by atoms with Crippen molar-refractivity contribution in [3.8, 4) is 28.6 Å². The van der Waals surface area contributed by atoms with Crippen LogP contribution in [-0.4, -0.2) is 9.13 Å². The van der Waals surface area contributed by atoms with E-state index in [2.05, 4.69) is 155 Å². The lowest BCUT2D eigenvalue weighted by atomic mass is 10.0. The second-order valence-corrected chi connectivity index (χ2v) is 13.1. The van der Waals surface area contributed by atoms with Gasteiger partial charge in [0.15, 0.2) is 0 Å². The normalized spacial score (nSPS) is 11.8. The van der Waals surface area contributed by atoms with E-state index in [4.69, 9.17) is 0 Å². The molecule has 0 aliphatic carbocycles. The minimum Gasteiger partial charge on any atom is -0.309 e. The van der Waals surface area contributed by atoms with Gasteiger partial charge in [0.1, 0.15) is 0 Å². The summed E-state index contributed by atoms with van der Waals surface area (Å²) >= 11 is 1.86. The number of nitriles is 1. The molecule has 0 saturated heterocycles. The standard InChI is InChI=1S/C43H25N3S/c44-26-27-21-22-40-33(23-27)30-13-3-8-18-38(30)45(40)36-16-6-1-11-28(36)29-12-2-7-17-37(29)46-39-19-9-4-14-31(39)34-25-43-35(24-41(34)46)32-15-5-10-20-42(32)47-43/h1-25H. The van der Waals surface area contributed by atoms with Crippen LogP contribution in [0, 0.1) is 11.3 Å². The molecule has 47 heavy (non-hydrogen) atoms. The minimum atomic E-state index is 0.665. The molecule has 0 unspecified atom stereocenters. The molecule has 10 aromatic rings. The fraction of sp³-hybridized carbons (Fsp3) is 0. The third-order valence-electron chi connectivity index (χ3n) is 9.55. The van der Waals surface area contributed by atoms with Gasteiger partial charge in [-0.3, -0.25) is 0 Å². The molecule has 4 heteroatoms. The van der Waals surface area contributed by atoms with Crippen molar-refractivity contribution in [2.24, 2.45) is 0 Å². The molecular weight excluding hydrogens is 591 g/mol. The molecule has 0 radical (unpaired) electrons. The minimum absolute atomic E-state index is 0.665. The van der Waals surface area contributed by atoms with Gasteiger partial charge >= 0.3 is 0 Å². The summed E-state index contributed by atoms with van der Waals surface area (Å²) in [5.41, 5.74) is 9.79. The maximum Gasteiger partial charge on any atom is 0.0991 e. The van der Waals surface area contributed by atoms with Crippen molar-refractivity contribution in [1.82, 2.24) is 9.13 Å². The van der Waals surface area contributed by atoms with E-state index >= 15 is 0 Å². The van der Waals surface area contributed by atoms with Crippen molar-refractivity contribution in [2.45, 2.75) is 0 Å². The Morgan fingerprint density at radius 2 is 0.936 bits per heavy atom. The fourth-order valence-electron chi connectivity index (χ4n) is 7.54. The summed E-state index contributed by atoms with van der Waals surface area (Å²) in [4.78, 5) is 0. The van der Waals surface area contributed by atoms with Gasteiger partial charge in [0.05, 0.1) is 45.1 Å². The number of rotatable bonds is 3. The SMILES string of the molecule is N#Cc1ccc2c(c1)c1ccccc1n2-c1ccccc1-c1ccccc1-n1c2ccccc2c2cc3sc4ccccc4c3cc21.